The highest BCUT2D eigenvalue weighted by molar-refractivity contribution is 7.92. The van der Waals surface area contributed by atoms with E-state index in [1.165, 1.54) is 67.8 Å². The SMILES string of the molecule is COc1ccc(S(=O)(=O)Nc2cccc(C(=O)Nc3cccc4c3C(=O)NC4=O)c2)cc1. The maximum absolute atomic E-state index is 12.7. The lowest BCUT2D eigenvalue weighted by Crippen LogP contribution is -2.21. The number of amides is 3. The summed E-state index contributed by atoms with van der Waals surface area (Å²) in [6, 6.07) is 16.3. The molecule has 1 aliphatic rings. The lowest BCUT2D eigenvalue weighted by atomic mass is 10.1. The number of carbonyl (C=O) groups excluding carboxylic acids is 3. The average Bonchev–Trinajstić information content (AvgIpc) is 3.08. The van der Waals surface area contributed by atoms with Gasteiger partial charge in [-0.2, -0.15) is 0 Å². The summed E-state index contributed by atoms with van der Waals surface area (Å²) < 4.78 is 32.7. The summed E-state index contributed by atoms with van der Waals surface area (Å²) in [6.07, 6.45) is 0. The quantitative estimate of drug-likeness (QED) is 0.494. The molecular formula is C22H17N3O6S. The van der Waals surface area contributed by atoms with E-state index in [4.69, 9.17) is 4.74 Å². The summed E-state index contributed by atoms with van der Waals surface area (Å²) in [5.41, 5.74) is 0.776. The fourth-order valence-corrected chi connectivity index (χ4v) is 4.26. The van der Waals surface area contributed by atoms with Gasteiger partial charge in [-0.3, -0.25) is 24.4 Å². The minimum absolute atomic E-state index is 0.0312. The first-order chi connectivity index (χ1) is 15.3. The van der Waals surface area contributed by atoms with Crippen LogP contribution < -0.4 is 20.1 Å². The molecule has 0 spiro atoms. The van der Waals surface area contributed by atoms with Crippen molar-refractivity contribution in [3.05, 3.63) is 83.4 Å². The molecule has 9 nitrogen and oxygen atoms in total. The zero-order valence-electron chi connectivity index (χ0n) is 16.7. The van der Waals surface area contributed by atoms with E-state index < -0.39 is 27.7 Å². The number of anilines is 2. The van der Waals surface area contributed by atoms with Crippen molar-refractivity contribution in [3.63, 3.8) is 0 Å². The van der Waals surface area contributed by atoms with Gasteiger partial charge in [0, 0.05) is 11.3 Å². The molecule has 0 saturated carbocycles. The van der Waals surface area contributed by atoms with Crippen molar-refractivity contribution in [2.45, 2.75) is 4.90 Å². The van der Waals surface area contributed by atoms with E-state index in [2.05, 4.69) is 15.4 Å². The number of ether oxygens (including phenoxy) is 1. The third kappa shape index (κ3) is 4.03. The molecule has 0 aromatic heterocycles. The summed E-state index contributed by atoms with van der Waals surface area (Å²) in [7, 11) is -2.41. The fourth-order valence-electron chi connectivity index (χ4n) is 3.21. The van der Waals surface area contributed by atoms with Crippen LogP contribution in [-0.4, -0.2) is 33.2 Å². The number of fused-ring (bicyclic) bond motifs is 1. The Hall–Kier alpha value is -4.18. The van der Waals surface area contributed by atoms with E-state index in [0.29, 0.717) is 5.75 Å². The summed E-state index contributed by atoms with van der Waals surface area (Å²) in [5.74, 6) is -1.18. The van der Waals surface area contributed by atoms with Crippen LogP contribution in [0.5, 0.6) is 5.75 Å². The van der Waals surface area contributed by atoms with E-state index in [0.717, 1.165) is 0 Å². The molecule has 32 heavy (non-hydrogen) atoms. The molecule has 0 radical (unpaired) electrons. The third-order valence-electron chi connectivity index (χ3n) is 4.76. The van der Waals surface area contributed by atoms with Crippen molar-refractivity contribution in [1.29, 1.82) is 0 Å². The van der Waals surface area contributed by atoms with Crippen molar-refractivity contribution >= 4 is 39.1 Å². The van der Waals surface area contributed by atoms with Crippen LogP contribution in [0.2, 0.25) is 0 Å². The number of sulfonamides is 1. The molecule has 1 aliphatic heterocycles. The Kier molecular flexibility index (Phi) is 5.37. The third-order valence-corrected chi connectivity index (χ3v) is 6.16. The number of rotatable bonds is 6. The standard InChI is InChI=1S/C22H17N3O6S/c1-31-15-8-10-16(11-9-15)32(29,30)25-14-5-2-4-13(12-14)20(26)23-18-7-3-6-17-19(18)22(28)24-21(17)27/h2-12,25H,1H3,(H,23,26)(H,24,27,28). The van der Waals surface area contributed by atoms with E-state index in [1.807, 2.05) is 0 Å². The molecule has 162 valence electrons. The van der Waals surface area contributed by atoms with Crippen LogP contribution in [0.4, 0.5) is 11.4 Å². The highest BCUT2D eigenvalue weighted by atomic mass is 32.2. The van der Waals surface area contributed by atoms with Crippen LogP contribution in [0.3, 0.4) is 0 Å². The second-order valence-corrected chi connectivity index (χ2v) is 8.51. The first kappa shape index (κ1) is 21.1. The molecular weight excluding hydrogens is 434 g/mol. The minimum atomic E-state index is -3.89. The number of imide groups is 1. The van der Waals surface area contributed by atoms with Crippen molar-refractivity contribution in [2.24, 2.45) is 0 Å². The van der Waals surface area contributed by atoms with Crippen molar-refractivity contribution in [2.75, 3.05) is 17.1 Å². The van der Waals surface area contributed by atoms with Gasteiger partial charge < -0.3 is 10.1 Å². The summed E-state index contributed by atoms with van der Waals surface area (Å²) >= 11 is 0. The van der Waals surface area contributed by atoms with Gasteiger partial charge in [-0.25, -0.2) is 8.42 Å². The lowest BCUT2D eigenvalue weighted by Gasteiger charge is -2.11. The Bertz CT molecular complexity index is 1350. The molecule has 3 aromatic carbocycles. The molecule has 1 heterocycles. The van der Waals surface area contributed by atoms with Gasteiger partial charge in [0.05, 0.1) is 28.8 Å². The zero-order valence-corrected chi connectivity index (χ0v) is 17.5. The van der Waals surface area contributed by atoms with Gasteiger partial charge in [-0.05, 0) is 54.6 Å². The predicted molar refractivity (Wildman–Crippen MR) is 116 cm³/mol. The smallest absolute Gasteiger partial charge is 0.261 e. The van der Waals surface area contributed by atoms with Gasteiger partial charge in [0.15, 0.2) is 0 Å². The Morgan fingerprint density at radius 2 is 1.66 bits per heavy atom. The Morgan fingerprint density at radius 3 is 2.38 bits per heavy atom. The van der Waals surface area contributed by atoms with Crippen molar-refractivity contribution in [3.8, 4) is 5.75 Å². The molecule has 0 bridgehead atoms. The fraction of sp³-hybridized carbons (Fsp3) is 0.0455. The summed E-state index contributed by atoms with van der Waals surface area (Å²) in [6.45, 7) is 0. The molecule has 3 N–H and O–H groups in total. The predicted octanol–water partition coefficient (Wildman–Crippen LogP) is 2.63. The second kappa shape index (κ2) is 8.16. The van der Waals surface area contributed by atoms with Crippen molar-refractivity contribution < 1.29 is 27.5 Å². The molecule has 0 unspecified atom stereocenters. The lowest BCUT2D eigenvalue weighted by molar-refractivity contribution is 0.0879. The van der Waals surface area contributed by atoms with Gasteiger partial charge in [0.25, 0.3) is 27.7 Å². The van der Waals surface area contributed by atoms with E-state index in [-0.39, 0.29) is 33.0 Å². The highest BCUT2D eigenvalue weighted by Crippen LogP contribution is 2.25. The first-order valence-corrected chi connectivity index (χ1v) is 10.8. The monoisotopic (exact) mass is 451 g/mol. The number of nitrogens with one attached hydrogen (secondary N) is 3. The van der Waals surface area contributed by atoms with Crippen LogP contribution >= 0.6 is 0 Å². The second-order valence-electron chi connectivity index (χ2n) is 6.83. The normalized spacial score (nSPS) is 12.7. The van der Waals surface area contributed by atoms with Crippen molar-refractivity contribution in [1.82, 2.24) is 5.32 Å². The first-order valence-electron chi connectivity index (χ1n) is 9.35. The Balaban J connectivity index is 1.55. The molecule has 0 saturated heterocycles. The molecule has 3 aromatic rings. The molecule has 4 rings (SSSR count). The van der Waals surface area contributed by atoms with E-state index >= 15 is 0 Å². The molecule has 3 amide bonds. The maximum Gasteiger partial charge on any atom is 0.261 e. The van der Waals surface area contributed by atoms with Crippen LogP contribution in [0.1, 0.15) is 31.1 Å². The Labute approximate surface area is 183 Å². The van der Waals surface area contributed by atoms with Crippen LogP contribution in [0, 0.1) is 0 Å². The van der Waals surface area contributed by atoms with Gasteiger partial charge in [0.1, 0.15) is 5.75 Å². The van der Waals surface area contributed by atoms with Crippen LogP contribution in [0.25, 0.3) is 0 Å². The number of hydrogen-bond donors (Lipinski definition) is 3. The summed E-state index contributed by atoms with van der Waals surface area (Å²) in [5, 5.41) is 4.78. The number of carbonyl (C=O) groups is 3. The average molecular weight is 451 g/mol. The van der Waals surface area contributed by atoms with Gasteiger partial charge in [0.2, 0.25) is 0 Å². The van der Waals surface area contributed by atoms with E-state index in [9.17, 15) is 22.8 Å². The molecule has 10 heteroatoms. The largest absolute Gasteiger partial charge is 0.497 e. The maximum atomic E-state index is 12.7. The molecule has 0 atom stereocenters. The van der Waals surface area contributed by atoms with Crippen LogP contribution in [-0.2, 0) is 10.0 Å². The Morgan fingerprint density at radius 1 is 0.938 bits per heavy atom. The topological polar surface area (TPSA) is 131 Å². The van der Waals surface area contributed by atoms with Crippen LogP contribution in [0.15, 0.2) is 71.6 Å². The molecule has 0 aliphatic carbocycles. The van der Waals surface area contributed by atoms with Gasteiger partial charge in [-0.1, -0.05) is 12.1 Å². The minimum Gasteiger partial charge on any atom is -0.497 e. The summed E-state index contributed by atoms with van der Waals surface area (Å²) in [4.78, 5) is 36.6. The highest BCUT2D eigenvalue weighted by Gasteiger charge is 2.29. The van der Waals surface area contributed by atoms with Gasteiger partial charge in [-0.15, -0.1) is 0 Å². The molecule has 0 fully saturated rings. The zero-order chi connectivity index (χ0) is 22.9. The number of benzene rings is 3. The number of methoxy groups -OCH3 is 1. The number of hydrogen-bond acceptors (Lipinski definition) is 6. The van der Waals surface area contributed by atoms with Gasteiger partial charge >= 0.3 is 0 Å². The van der Waals surface area contributed by atoms with E-state index in [1.54, 1.807) is 6.07 Å².